The van der Waals surface area contributed by atoms with Gasteiger partial charge in [-0.2, -0.15) is 0 Å². The molecule has 0 spiro atoms. The lowest BCUT2D eigenvalue weighted by Gasteiger charge is -2.21. The molecule has 0 radical (unpaired) electrons. The molecule has 2 aliphatic rings. The van der Waals surface area contributed by atoms with E-state index in [-0.39, 0.29) is 12.1 Å². The Hall–Kier alpha value is -2.20. The van der Waals surface area contributed by atoms with Gasteiger partial charge in [-0.15, -0.1) is 0 Å². The molecule has 2 heterocycles. The van der Waals surface area contributed by atoms with Gasteiger partial charge in [-0.05, 0) is 29.8 Å². The van der Waals surface area contributed by atoms with Gasteiger partial charge in [0.25, 0.3) is 0 Å². The first-order valence-electron chi connectivity index (χ1n) is 7.72. The van der Waals surface area contributed by atoms with Gasteiger partial charge >= 0.3 is 6.03 Å². The number of rotatable bonds is 1. The van der Waals surface area contributed by atoms with Gasteiger partial charge in [0.1, 0.15) is 12.4 Å². The first kappa shape index (κ1) is 14.4. The number of anilines is 1. The molecule has 0 aromatic heterocycles. The number of amides is 2. The summed E-state index contributed by atoms with van der Waals surface area (Å²) in [5, 5.41) is 3.72. The fourth-order valence-electron chi connectivity index (χ4n) is 3.35. The number of hydrogen-bond acceptors (Lipinski definition) is 2. The SMILES string of the molecule is CC1CN(C(=O)NC2COc3ccc(Cl)cc32)c2ccccc21. The molecular formula is C18H17ClN2O2. The van der Waals surface area contributed by atoms with Gasteiger partial charge in [-0.25, -0.2) is 4.79 Å². The maximum atomic E-state index is 12.7. The largest absolute Gasteiger partial charge is 0.491 e. The summed E-state index contributed by atoms with van der Waals surface area (Å²) >= 11 is 6.06. The highest BCUT2D eigenvalue weighted by atomic mass is 35.5. The number of carbonyl (C=O) groups excluding carboxylic acids is 1. The predicted octanol–water partition coefficient (Wildman–Crippen LogP) is 4.11. The lowest BCUT2D eigenvalue weighted by Crippen LogP contribution is -2.41. The first-order chi connectivity index (χ1) is 11.1. The number of ether oxygens (including phenoxy) is 1. The Morgan fingerprint density at radius 1 is 1.26 bits per heavy atom. The number of benzene rings is 2. The van der Waals surface area contributed by atoms with Gasteiger partial charge in [0.2, 0.25) is 0 Å². The summed E-state index contributed by atoms with van der Waals surface area (Å²) in [6, 6.07) is 13.3. The fraction of sp³-hybridized carbons (Fsp3) is 0.278. The van der Waals surface area contributed by atoms with E-state index < -0.39 is 0 Å². The van der Waals surface area contributed by atoms with E-state index in [1.54, 1.807) is 6.07 Å². The van der Waals surface area contributed by atoms with Gasteiger partial charge < -0.3 is 10.1 Å². The van der Waals surface area contributed by atoms with E-state index in [2.05, 4.69) is 18.3 Å². The Morgan fingerprint density at radius 3 is 2.96 bits per heavy atom. The minimum atomic E-state index is -0.167. The van der Waals surface area contributed by atoms with E-state index >= 15 is 0 Å². The molecule has 0 saturated carbocycles. The molecule has 4 nitrogen and oxygen atoms in total. The summed E-state index contributed by atoms with van der Waals surface area (Å²) in [5.41, 5.74) is 3.14. The Kier molecular flexibility index (Phi) is 3.42. The Balaban J connectivity index is 1.56. The van der Waals surface area contributed by atoms with Gasteiger partial charge in [0.05, 0.1) is 6.04 Å². The average Bonchev–Trinajstić information content (AvgIpc) is 3.09. The van der Waals surface area contributed by atoms with Crippen molar-refractivity contribution >= 4 is 23.3 Å². The van der Waals surface area contributed by atoms with Crippen LogP contribution in [0.5, 0.6) is 5.75 Å². The first-order valence-corrected chi connectivity index (χ1v) is 8.10. The van der Waals surface area contributed by atoms with Crippen molar-refractivity contribution in [3.63, 3.8) is 0 Å². The van der Waals surface area contributed by atoms with Crippen molar-refractivity contribution in [1.82, 2.24) is 5.32 Å². The summed E-state index contributed by atoms with van der Waals surface area (Å²) in [6.45, 7) is 3.27. The van der Waals surface area contributed by atoms with Crippen molar-refractivity contribution in [3.8, 4) is 5.75 Å². The third-order valence-corrected chi connectivity index (χ3v) is 4.75. The van der Waals surface area contributed by atoms with Crippen LogP contribution in [0.25, 0.3) is 0 Å². The second-order valence-corrected chi connectivity index (χ2v) is 6.50. The number of fused-ring (bicyclic) bond motifs is 2. The highest BCUT2D eigenvalue weighted by Crippen LogP contribution is 2.37. The molecule has 2 unspecified atom stereocenters. The lowest BCUT2D eigenvalue weighted by atomic mass is 10.0. The van der Waals surface area contributed by atoms with Crippen LogP contribution in [0, 0.1) is 0 Å². The Labute approximate surface area is 140 Å². The average molecular weight is 329 g/mol. The second-order valence-electron chi connectivity index (χ2n) is 6.07. The van der Waals surface area contributed by atoms with Crippen molar-refractivity contribution in [2.45, 2.75) is 18.9 Å². The number of urea groups is 1. The molecule has 23 heavy (non-hydrogen) atoms. The van der Waals surface area contributed by atoms with Crippen LogP contribution in [-0.4, -0.2) is 19.2 Å². The molecule has 5 heteroatoms. The summed E-state index contributed by atoms with van der Waals surface area (Å²) in [6.07, 6.45) is 0. The molecule has 2 aliphatic heterocycles. The van der Waals surface area contributed by atoms with Crippen molar-refractivity contribution < 1.29 is 9.53 Å². The van der Waals surface area contributed by atoms with Crippen LogP contribution >= 0.6 is 11.6 Å². The number of hydrogen-bond donors (Lipinski definition) is 1. The Morgan fingerprint density at radius 2 is 2.09 bits per heavy atom. The zero-order chi connectivity index (χ0) is 16.0. The van der Waals surface area contributed by atoms with E-state index in [4.69, 9.17) is 16.3 Å². The monoisotopic (exact) mass is 328 g/mol. The van der Waals surface area contributed by atoms with Crippen molar-refractivity contribution in [2.75, 3.05) is 18.1 Å². The maximum absolute atomic E-state index is 12.7. The van der Waals surface area contributed by atoms with E-state index in [1.165, 1.54) is 5.56 Å². The van der Waals surface area contributed by atoms with Crippen LogP contribution in [0.3, 0.4) is 0 Å². The summed E-state index contributed by atoms with van der Waals surface area (Å²) in [7, 11) is 0. The molecule has 0 fully saturated rings. The van der Waals surface area contributed by atoms with E-state index in [0.717, 1.165) is 17.0 Å². The predicted molar refractivity (Wildman–Crippen MR) is 90.4 cm³/mol. The van der Waals surface area contributed by atoms with Crippen LogP contribution in [-0.2, 0) is 0 Å². The maximum Gasteiger partial charge on any atom is 0.322 e. The van der Waals surface area contributed by atoms with E-state index in [1.807, 2.05) is 35.2 Å². The number of nitrogens with one attached hydrogen (secondary N) is 1. The molecule has 2 aromatic carbocycles. The van der Waals surface area contributed by atoms with E-state index in [0.29, 0.717) is 24.1 Å². The zero-order valence-electron chi connectivity index (χ0n) is 12.8. The third kappa shape index (κ3) is 2.43. The number of nitrogens with zero attached hydrogens (tertiary/aromatic N) is 1. The highest BCUT2D eigenvalue weighted by molar-refractivity contribution is 6.30. The topological polar surface area (TPSA) is 41.6 Å². The molecular weight excluding hydrogens is 312 g/mol. The quantitative estimate of drug-likeness (QED) is 0.856. The number of carbonyl (C=O) groups is 1. The summed E-state index contributed by atoms with van der Waals surface area (Å²) in [5.74, 6) is 1.13. The standard InChI is InChI=1S/C18H17ClN2O2/c1-11-9-21(16-5-3-2-4-13(11)16)18(22)20-15-10-23-17-7-6-12(19)8-14(15)17/h2-8,11,15H,9-10H2,1H3,(H,20,22). The zero-order valence-corrected chi connectivity index (χ0v) is 13.5. The van der Waals surface area contributed by atoms with Crippen LogP contribution < -0.4 is 15.0 Å². The molecule has 0 bridgehead atoms. The van der Waals surface area contributed by atoms with Crippen molar-refractivity contribution in [1.29, 1.82) is 0 Å². The van der Waals surface area contributed by atoms with Crippen molar-refractivity contribution in [2.24, 2.45) is 0 Å². The fourth-order valence-corrected chi connectivity index (χ4v) is 3.53. The molecule has 0 saturated heterocycles. The van der Waals surface area contributed by atoms with Crippen LogP contribution in [0.4, 0.5) is 10.5 Å². The number of halogens is 1. The molecule has 2 amide bonds. The smallest absolute Gasteiger partial charge is 0.322 e. The lowest BCUT2D eigenvalue weighted by molar-refractivity contribution is 0.237. The number of para-hydroxylation sites is 1. The Bertz CT molecular complexity index is 777. The molecule has 2 atom stereocenters. The minimum Gasteiger partial charge on any atom is -0.491 e. The summed E-state index contributed by atoms with van der Waals surface area (Å²) in [4.78, 5) is 14.5. The van der Waals surface area contributed by atoms with Crippen molar-refractivity contribution in [3.05, 3.63) is 58.6 Å². The van der Waals surface area contributed by atoms with E-state index in [9.17, 15) is 4.79 Å². The van der Waals surface area contributed by atoms with Crippen LogP contribution in [0.15, 0.2) is 42.5 Å². The molecule has 1 N–H and O–H groups in total. The molecule has 118 valence electrons. The van der Waals surface area contributed by atoms with Crippen LogP contribution in [0.1, 0.15) is 30.0 Å². The molecule has 2 aromatic rings. The highest BCUT2D eigenvalue weighted by Gasteiger charge is 2.32. The summed E-state index contributed by atoms with van der Waals surface area (Å²) < 4.78 is 5.63. The van der Waals surface area contributed by atoms with Gasteiger partial charge in [-0.1, -0.05) is 36.7 Å². The van der Waals surface area contributed by atoms with Crippen LogP contribution in [0.2, 0.25) is 5.02 Å². The van der Waals surface area contributed by atoms with Gasteiger partial charge in [0.15, 0.2) is 0 Å². The van der Waals surface area contributed by atoms with Gasteiger partial charge in [0, 0.05) is 28.7 Å². The van der Waals surface area contributed by atoms with Gasteiger partial charge in [-0.3, -0.25) is 4.90 Å². The normalized spacial score (nSPS) is 21.6. The molecule has 0 aliphatic carbocycles. The molecule has 4 rings (SSSR count). The minimum absolute atomic E-state index is 0.0942. The third-order valence-electron chi connectivity index (χ3n) is 4.51. The second kappa shape index (κ2) is 5.46.